The second-order valence-electron chi connectivity index (χ2n) is 3.16. The Bertz CT molecular complexity index is 625. The number of aromatic amines is 1. The molecule has 0 unspecified atom stereocenters. The van der Waals surface area contributed by atoms with Gasteiger partial charge in [0.1, 0.15) is 11.1 Å². The van der Waals surface area contributed by atoms with E-state index >= 15 is 0 Å². The van der Waals surface area contributed by atoms with Crippen LogP contribution < -0.4 is 15.6 Å². The first-order valence-corrected chi connectivity index (χ1v) is 5.89. The molecule has 2 aromatic rings. The van der Waals surface area contributed by atoms with Crippen molar-refractivity contribution in [2.24, 2.45) is 0 Å². The van der Waals surface area contributed by atoms with Crippen LogP contribution in [0, 0.1) is 11.3 Å². The second kappa shape index (κ2) is 5.29. The van der Waals surface area contributed by atoms with Gasteiger partial charge >= 0.3 is 6.01 Å². The number of rotatable bonds is 4. The van der Waals surface area contributed by atoms with Gasteiger partial charge in [0.25, 0.3) is 5.56 Å². The van der Waals surface area contributed by atoms with E-state index in [1.807, 2.05) is 13.0 Å². The van der Waals surface area contributed by atoms with E-state index in [-0.39, 0.29) is 11.6 Å². The van der Waals surface area contributed by atoms with Crippen LogP contribution in [0.25, 0.3) is 0 Å². The number of anilines is 2. The summed E-state index contributed by atoms with van der Waals surface area (Å²) in [5, 5.41) is 12.2. The Balaban J connectivity index is 2.19. The fourth-order valence-corrected chi connectivity index (χ4v) is 1.91. The van der Waals surface area contributed by atoms with Gasteiger partial charge in [-0.05, 0) is 18.5 Å². The average Bonchev–Trinajstić information content (AvgIpc) is 2.72. The molecule has 2 rings (SSSR count). The molecule has 0 aliphatic carbocycles. The van der Waals surface area contributed by atoms with Crippen LogP contribution in [-0.4, -0.2) is 20.9 Å². The van der Waals surface area contributed by atoms with Crippen molar-refractivity contribution in [2.75, 3.05) is 11.9 Å². The predicted octanol–water partition coefficient (Wildman–Crippen LogP) is 1.24. The van der Waals surface area contributed by atoms with E-state index in [2.05, 4.69) is 19.7 Å². The molecule has 0 bridgehead atoms. The number of H-pyrrole nitrogens is 1. The fraction of sp³-hybridized carbons (Fsp3) is 0.200. The van der Waals surface area contributed by atoms with E-state index in [0.717, 1.165) is 11.5 Å². The highest BCUT2D eigenvalue weighted by atomic mass is 32.1. The van der Waals surface area contributed by atoms with E-state index in [4.69, 9.17) is 10.00 Å². The van der Waals surface area contributed by atoms with E-state index in [1.54, 1.807) is 0 Å². The summed E-state index contributed by atoms with van der Waals surface area (Å²) in [6, 6.07) is 2.12. The third kappa shape index (κ3) is 2.46. The van der Waals surface area contributed by atoms with Crippen LogP contribution in [0.1, 0.15) is 12.5 Å². The molecule has 0 amide bonds. The quantitative estimate of drug-likeness (QED) is 0.860. The van der Waals surface area contributed by atoms with Crippen molar-refractivity contribution >= 4 is 22.2 Å². The summed E-state index contributed by atoms with van der Waals surface area (Å²) in [6.45, 7) is 2.33. The molecule has 0 spiro atoms. The third-order valence-electron chi connectivity index (χ3n) is 1.97. The van der Waals surface area contributed by atoms with E-state index < -0.39 is 5.56 Å². The predicted molar refractivity (Wildman–Crippen MR) is 66.1 cm³/mol. The molecular weight excluding hydrogens is 254 g/mol. The summed E-state index contributed by atoms with van der Waals surface area (Å²) < 4.78 is 7.58. The molecular formula is C10H9N5O2S. The second-order valence-corrected chi connectivity index (χ2v) is 3.98. The Morgan fingerprint density at radius 2 is 2.28 bits per heavy atom. The molecule has 2 aromatic heterocycles. The highest BCUT2D eigenvalue weighted by Gasteiger charge is 2.10. The zero-order chi connectivity index (χ0) is 13.0. The Kier molecular flexibility index (Phi) is 3.54. The molecule has 0 atom stereocenters. The summed E-state index contributed by atoms with van der Waals surface area (Å²) >= 11 is 1.05. The lowest BCUT2D eigenvalue weighted by Crippen LogP contribution is -2.03. The average molecular weight is 263 g/mol. The standard InChI is InChI=1S/C10H9N5O2S/c1-2-17-10-12-4-6(5-13-10)14-9-7(3-11)8(16)15-18-9/h4-5,14H,2H2,1H3,(H,15,16). The van der Waals surface area contributed by atoms with Crippen molar-refractivity contribution in [3.05, 3.63) is 28.3 Å². The largest absolute Gasteiger partial charge is 0.464 e. The number of hydrogen-bond acceptors (Lipinski definition) is 7. The maximum Gasteiger partial charge on any atom is 0.316 e. The summed E-state index contributed by atoms with van der Waals surface area (Å²) in [6.07, 6.45) is 3.03. The van der Waals surface area contributed by atoms with Crippen molar-refractivity contribution in [1.29, 1.82) is 5.26 Å². The van der Waals surface area contributed by atoms with Gasteiger partial charge in [-0.3, -0.25) is 9.17 Å². The van der Waals surface area contributed by atoms with Crippen molar-refractivity contribution < 1.29 is 4.74 Å². The van der Waals surface area contributed by atoms with E-state index in [9.17, 15) is 4.79 Å². The first-order chi connectivity index (χ1) is 8.74. The first kappa shape index (κ1) is 12.1. The molecule has 92 valence electrons. The minimum atomic E-state index is -0.406. The highest BCUT2D eigenvalue weighted by molar-refractivity contribution is 7.10. The number of nitrogens with one attached hydrogen (secondary N) is 2. The molecule has 0 fully saturated rings. The molecule has 8 heteroatoms. The van der Waals surface area contributed by atoms with Gasteiger partial charge in [-0.15, -0.1) is 0 Å². The van der Waals surface area contributed by atoms with Crippen molar-refractivity contribution in [1.82, 2.24) is 14.3 Å². The molecule has 0 aromatic carbocycles. The van der Waals surface area contributed by atoms with Gasteiger partial charge in [0.2, 0.25) is 0 Å². The zero-order valence-electron chi connectivity index (χ0n) is 9.43. The zero-order valence-corrected chi connectivity index (χ0v) is 10.2. The molecule has 0 saturated heterocycles. The number of nitrogens with zero attached hydrogens (tertiary/aromatic N) is 3. The minimum absolute atomic E-state index is 0.0499. The van der Waals surface area contributed by atoms with Gasteiger partial charge in [0, 0.05) is 0 Å². The van der Waals surface area contributed by atoms with Gasteiger partial charge in [-0.1, -0.05) is 0 Å². The minimum Gasteiger partial charge on any atom is -0.464 e. The molecule has 0 aliphatic rings. The van der Waals surface area contributed by atoms with Crippen LogP contribution in [0.5, 0.6) is 6.01 Å². The smallest absolute Gasteiger partial charge is 0.316 e. The molecule has 18 heavy (non-hydrogen) atoms. The molecule has 2 heterocycles. The summed E-state index contributed by atoms with van der Waals surface area (Å²) in [5.41, 5.74) is 0.218. The van der Waals surface area contributed by atoms with Crippen LogP contribution >= 0.6 is 11.5 Å². The number of nitriles is 1. The first-order valence-electron chi connectivity index (χ1n) is 5.08. The SMILES string of the molecule is CCOc1ncc(Nc2s[nH]c(=O)c2C#N)cn1. The Morgan fingerprint density at radius 1 is 1.56 bits per heavy atom. The molecule has 0 aliphatic heterocycles. The Morgan fingerprint density at radius 3 is 2.89 bits per heavy atom. The highest BCUT2D eigenvalue weighted by Crippen LogP contribution is 2.21. The van der Waals surface area contributed by atoms with Gasteiger partial charge in [0.05, 0.1) is 24.7 Å². The van der Waals surface area contributed by atoms with Crippen LogP contribution in [0.3, 0.4) is 0 Å². The third-order valence-corrected chi connectivity index (χ3v) is 2.77. The van der Waals surface area contributed by atoms with Crippen LogP contribution in [-0.2, 0) is 0 Å². The molecule has 0 saturated carbocycles. The lowest BCUT2D eigenvalue weighted by molar-refractivity contribution is 0.312. The summed E-state index contributed by atoms with van der Waals surface area (Å²) in [5.74, 6) is 0. The van der Waals surface area contributed by atoms with Crippen LogP contribution in [0.4, 0.5) is 10.7 Å². The van der Waals surface area contributed by atoms with Gasteiger partial charge in [-0.2, -0.15) is 5.26 Å². The Labute approximate surface area is 106 Å². The maximum absolute atomic E-state index is 11.2. The monoisotopic (exact) mass is 263 g/mol. The van der Waals surface area contributed by atoms with Crippen molar-refractivity contribution in [3.8, 4) is 12.1 Å². The van der Waals surface area contributed by atoms with Crippen molar-refractivity contribution in [3.63, 3.8) is 0 Å². The van der Waals surface area contributed by atoms with Crippen LogP contribution in [0.2, 0.25) is 0 Å². The van der Waals surface area contributed by atoms with Gasteiger partial charge in [0.15, 0.2) is 5.56 Å². The fourth-order valence-electron chi connectivity index (χ4n) is 1.21. The topological polar surface area (TPSA) is 104 Å². The van der Waals surface area contributed by atoms with Crippen LogP contribution in [0.15, 0.2) is 17.2 Å². The maximum atomic E-state index is 11.2. The van der Waals surface area contributed by atoms with Gasteiger partial charge < -0.3 is 10.1 Å². The molecule has 0 radical (unpaired) electrons. The van der Waals surface area contributed by atoms with E-state index in [0.29, 0.717) is 17.3 Å². The number of ether oxygens (including phenoxy) is 1. The Hall–Kier alpha value is -2.40. The number of hydrogen-bond donors (Lipinski definition) is 2. The summed E-state index contributed by atoms with van der Waals surface area (Å²) in [7, 11) is 0. The molecule has 2 N–H and O–H groups in total. The summed E-state index contributed by atoms with van der Waals surface area (Å²) in [4.78, 5) is 19.2. The molecule has 7 nitrogen and oxygen atoms in total. The van der Waals surface area contributed by atoms with Crippen molar-refractivity contribution in [2.45, 2.75) is 6.92 Å². The lowest BCUT2D eigenvalue weighted by atomic mass is 10.3. The van der Waals surface area contributed by atoms with Gasteiger partial charge in [-0.25, -0.2) is 9.97 Å². The number of aromatic nitrogens is 3. The van der Waals surface area contributed by atoms with E-state index in [1.165, 1.54) is 12.4 Å². The lowest BCUT2D eigenvalue weighted by Gasteiger charge is -2.03. The normalized spacial score (nSPS) is 9.78.